The van der Waals surface area contributed by atoms with E-state index in [-0.39, 0.29) is 37.8 Å². The first kappa shape index (κ1) is 17.8. The molecule has 1 atom stereocenters. The van der Waals surface area contributed by atoms with Gasteiger partial charge in [0.15, 0.2) is 0 Å². The number of hydrogen-bond donors (Lipinski definition) is 2. The Balaban J connectivity index is 1.44. The number of urea groups is 1. The normalized spacial score (nSPS) is 24.2. The molecule has 0 spiro atoms. The molecule has 2 heterocycles. The molecule has 1 saturated heterocycles. The lowest BCUT2D eigenvalue weighted by molar-refractivity contribution is -0.133. The smallest absolute Gasteiger partial charge is 0.322 e. The number of nitrogens with zero attached hydrogens (tertiary/aromatic N) is 1. The zero-order chi connectivity index (χ0) is 19.3. The number of alkyl halides is 2. The highest BCUT2D eigenvalue weighted by Crippen LogP contribution is 2.44. The third-order valence-corrected chi connectivity index (χ3v) is 5.61. The molecule has 144 valence electrons. The number of halogens is 3. The van der Waals surface area contributed by atoms with Crippen molar-refractivity contribution in [1.29, 1.82) is 0 Å². The molecule has 1 aromatic rings. The van der Waals surface area contributed by atoms with E-state index in [1.807, 2.05) is 0 Å². The highest BCUT2D eigenvalue weighted by atomic mass is 19.3. The Hall–Kier alpha value is -2.58. The first-order valence-electron chi connectivity index (χ1n) is 8.81. The van der Waals surface area contributed by atoms with E-state index in [0.29, 0.717) is 11.1 Å². The molecule has 0 bridgehead atoms. The average Bonchev–Trinajstić information content (AvgIpc) is 3.30. The molecule has 1 aromatic carbocycles. The largest absolute Gasteiger partial charge is 0.334 e. The van der Waals surface area contributed by atoms with Crippen LogP contribution in [0, 0.1) is 11.7 Å². The number of carbonyl (C=O) groups excluding carboxylic acids is 3. The molecule has 0 radical (unpaired) electrons. The lowest BCUT2D eigenvalue weighted by Crippen LogP contribution is -2.49. The van der Waals surface area contributed by atoms with Crippen LogP contribution in [0.2, 0.25) is 0 Å². The Morgan fingerprint density at radius 3 is 2.44 bits per heavy atom. The van der Waals surface area contributed by atoms with Crippen molar-refractivity contribution in [3.8, 4) is 0 Å². The van der Waals surface area contributed by atoms with Crippen LogP contribution in [-0.2, 0) is 22.7 Å². The maximum atomic E-state index is 13.7. The van der Waals surface area contributed by atoms with E-state index in [9.17, 15) is 27.6 Å². The summed E-state index contributed by atoms with van der Waals surface area (Å²) in [5, 5.41) is 4.90. The zero-order valence-electron chi connectivity index (χ0n) is 14.4. The van der Waals surface area contributed by atoms with Gasteiger partial charge in [0.05, 0.1) is 5.56 Å². The fourth-order valence-corrected chi connectivity index (χ4v) is 3.99. The van der Waals surface area contributed by atoms with Gasteiger partial charge in [-0.2, -0.15) is 0 Å². The van der Waals surface area contributed by atoms with E-state index in [4.69, 9.17) is 0 Å². The quantitative estimate of drug-likeness (QED) is 0.769. The summed E-state index contributed by atoms with van der Waals surface area (Å²) in [7, 11) is 0. The van der Waals surface area contributed by atoms with Gasteiger partial charge in [-0.15, -0.1) is 0 Å². The van der Waals surface area contributed by atoms with Crippen molar-refractivity contribution in [2.75, 3.05) is 0 Å². The van der Waals surface area contributed by atoms with Gasteiger partial charge in [-0.05, 0) is 48.4 Å². The highest BCUT2D eigenvalue weighted by molar-refractivity contribution is 6.07. The van der Waals surface area contributed by atoms with Gasteiger partial charge >= 0.3 is 6.03 Å². The summed E-state index contributed by atoms with van der Waals surface area (Å²) in [6, 6.07) is 1.61. The monoisotopic (exact) mass is 381 g/mol. The summed E-state index contributed by atoms with van der Waals surface area (Å²) in [5.74, 6) is -1.62. The van der Waals surface area contributed by atoms with E-state index in [2.05, 4.69) is 10.6 Å². The SMILES string of the molecule is O=C1NC(=O)C(CCC(=O)N2Cc3cc(F)c(C(F)F)cc3C2)(C2CC2)N1. The van der Waals surface area contributed by atoms with E-state index < -0.39 is 35.3 Å². The topological polar surface area (TPSA) is 78.5 Å². The molecule has 2 N–H and O–H groups in total. The molecule has 6 nitrogen and oxygen atoms in total. The van der Waals surface area contributed by atoms with E-state index >= 15 is 0 Å². The van der Waals surface area contributed by atoms with Gasteiger partial charge in [0, 0.05) is 19.5 Å². The lowest BCUT2D eigenvalue weighted by atomic mass is 9.88. The summed E-state index contributed by atoms with van der Waals surface area (Å²) in [5.41, 5.74) is -0.701. The van der Waals surface area contributed by atoms with Crippen LogP contribution in [0.25, 0.3) is 0 Å². The van der Waals surface area contributed by atoms with Crippen LogP contribution < -0.4 is 10.6 Å². The van der Waals surface area contributed by atoms with Gasteiger partial charge in [-0.1, -0.05) is 0 Å². The molecular formula is C18H18F3N3O3. The minimum atomic E-state index is -2.91. The maximum Gasteiger partial charge on any atom is 0.322 e. The van der Waals surface area contributed by atoms with Crippen molar-refractivity contribution in [2.45, 2.75) is 50.7 Å². The first-order chi connectivity index (χ1) is 12.8. The molecule has 4 rings (SSSR count). The van der Waals surface area contributed by atoms with Crippen LogP contribution in [0.4, 0.5) is 18.0 Å². The Kier molecular flexibility index (Phi) is 4.12. The summed E-state index contributed by atoms with van der Waals surface area (Å²) < 4.78 is 39.4. The molecule has 0 aromatic heterocycles. The number of rotatable bonds is 5. The van der Waals surface area contributed by atoms with Crippen molar-refractivity contribution in [2.24, 2.45) is 5.92 Å². The molecule has 2 fully saturated rings. The van der Waals surface area contributed by atoms with Crippen LogP contribution >= 0.6 is 0 Å². The Morgan fingerprint density at radius 1 is 1.22 bits per heavy atom. The minimum absolute atomic E-state index is 0.0234. The summed E-state index contributed by atoms with van der Waals surface area (Å²) in [6.07, 6.45) is -1.08. The van der Waals surface area contributed by atoms with Gasteiger partial charge in [-0.25, -0.2) is 18.0 Å². The van der Waals surface area contributed by atoms with E-state index in [1.54, 1.807) is 0 Å². The second kappa shape index (κ2) is 6.24. The average molecular weight is 381 g/mol. The van der Waals surface area contributed by atoms with Crippen LogP contribution in [0.1, 0.15) is 48.8 Å². The molecule has 4 amide bonds. The van der Waals surface area contributed by atoms with Crippen molar-refractivity contribution >= 4 is 17.8 Å². The van der Waals surface area contributed by atoms with Crippen molar-refractivity contribution < 1.29 is 27.6 Å². The fourth-order valence-electron chi connectivity index (χ4n) is 3.99. The molecule has 3 aliphatic rings. The van der Waals surface area contributed by atoms with Crippen LogP contribution in [0.5, 0.6) is 0 Å². The van der Waals surface area contributed by atoms with Crippen LogP contribution in [0.3, 0.4) is 0 Å². The second-order valence-electron chi connectivity index (χ2n) is 7.35. The Bertz CT molecular complexity index is 841. The van der Waals surface area contributed by atoms with E-state index in [0.717, 1.165) is 25.0 Å². The Morgan fingerprint density at radius 2 is 1.89 bits per heavy atom. The van der Waals surface area contributed by atoms with Crippen molar-refractivity contribution in [3.63, 3.8) is 0 Å². The highest BCUT2D eigenvalue weighted by Gasteiger charge is 2.55. The maximum absolute atomic E-state index is 13.7. The molecular weight excluding hydrogens is 363 g/mol. The van der Waals surface area contributed by atoms with Gasteiger partial charge in [0.1, 0.15) is 11.4 Å². The van der Waals surface area contributed by atoms with Crippen molar-refractivity contribution in [1.82, 2.24) is 15.5 Å². The molecule has 9 heteroatoms. The molecule has 1 unspecified atom stereocenters. The number of benzene rings is 1. The predicted molar refractivity (Wildman–Crippen MR) is 87.0 cm³/mol. The Labute approximate surface area is 153 Å². The summed E-state index contributed by atoms with van der Waals surface area (Å²) in [6.45, 7) is 0.271. The zero-order valence-corrected chi connectivity index (χ0v) is 14.4. The van der Waals surface area contributed by atoms with Gasteiger partial charge < -0.3 is 10.2 Å². The van der Waals surface area contributed by atoms with Gasteiger partial charge in [-0.3, -0.25) is 14.9 Å². The van der Waals surface area contributed by atoms with E-state index in [1.165, 1.54) is 4.90 Å². The minimum Gasteiger partial charge on any atom is -0.334 e. The summed E-state index contributed by atoms with van der Waals surface area (Å²) >= 11 is 0. The summed E-state index contributed by atoms with van der Waals surface area (Å²) in [4.78, 5) is 37.8. The third kappa shape index (κ3) is 3.04. The molecule has 1 saturated carbocycles. The number of carbonyl (C=O) groups is 3. The molecule has 1 aliphatic carbocycles. The van der Waals surface area contributed by atoms with Crippen LogP contribution in [0.15, 0.2) is 12.1 Å². The fraction of sp³-hybridized carbons (Fsp3) is 0.500. The predicted octanol–water partition coefficient (Wildman–Crippen LogP) is 2.37. The number of imide groups is 1. The third-order valence-electron chi connectivity index (χ3n) is 5.61. The van der Waals surface area contributed by atoms with Crippen LogP contribution in [-0.4, -0.2) is 28.3 Å². The number of nitrogens with one attached hydrogen (secondary N) is 2. The molecule has 2 aliphatic heterocycles. The number of amides is 4. The van der Waals surface area contributed by atoms with Crippen molar-refractivity contribution in [3.05, 3.63) is 34.6 Å². The first-order valence-corrected chi connectivity index (χ1v) is 8.81. The van der Waals surface area contributed by atoms with Gasteiger partial charge in [0.25, 0.3) is 12.3 Å². The number of hydrogen-bond acceptors (Lipinski definition) is 3. The number of fused-ring (bicyclic) bond motifs is 1. The van der Waals surface area contributed by atoms with Gasteiger partial charge in [0.2, 0.25) is 5.91 Å². The molecule has 27 heavy (non-hydrogen) atoms. The lowest BCUT2D eigenvalue weighted by Gasteiger charge is -2.26. The standard InChI is InChI=1S/C18H18F3N3O3/c19-13-6-10-8-24(7-9(10)5-12(13)15(20)21)14(25)3-4-18(11-1-2-11)16(26)22-17(27)23-18/h5-6,11,15H,1-4,7-8H2,(H2,22,23,26,27). The second-order valence-corrected chi connectivity index (χ2v) is 7.35.